The number of fused-ring (bicyclic) bond motifs is 5. The summed E-state index contributed by atoms with van der Waals surface area (Å²) in [6.07, 6.45) is 11.8. The standard InChI is InChI=1S/C22H40N2O/c1-21-10-8-16(25)14-15(21)4-5-17-18-6-7-20(24(3)13-12-23)22(18,2)11-9-19(17)21/h15-20,25H,4-14,23H2,1-3H3. The van der Waals surface area contributed by atoms with Gasteiger partial charge in [0.2, 0.25) is 0 Å². The molecular formula is C22H40N2O. The number of aliphatic hydroxyl groups excluding tert-OH is 1. The van der Waals surface area contributed by atoms with Crippen LogP contribution in [0.4, 0.5) is 0 Å². The summed E-state index contributed by atoms with van der Waals surface area (Å²) in [5.74, 6) is 3.54. The Kier molecular flexibility index (Phi) is 4.74. The van der Waals surface area contributed by atoms with E-state index in [0.717, 1.165) is 55.6 Å². The van der Waals surface area contributed by atoms with E-state index in [-0.39, 0.29) is 6.10 Å². The minimum Gasteiger partial charge on any atom is -0.393 e. The van der Waals surface area contributed by atoms with E-state index in [1.54, 1.807) is 0 Å². The molecule has 0 aromatic carbocycles. The van der Waals surface area contributed by atoms with Gasteiger partial charge >= 0.3 is 0 Å². The second-order valence-corrected chi connectivity index (χ2v) is 10.5. The van der Waals surface area contributed by atoms with Crippen molar-refractivity contribution in [1.29, 1.82) is 0 Å². The van der Waals surface area contributed by atoms with Crippen molar-refractivity contribution in [2.45, 2.75) is 83.8 Å². The number of hydrogen-bond donors (Lipinski definition) is 2. The van der Waals surface area contributed by atoms with Crippen molar-refractivity contribution in [2.24, 2.45) is 40.2 Å². The molecule has 0 spiro atoms. The van der Waals surface area contributed by atoms with E-state index >= 15 is 0 Å². The number of nitrogens with two attached hydrogens (primary N) is 1. The van der Waals surface area contributed by atoms with Crippen LogP contribution in [-0.2, 0) is 0 Å². The molecule has 3 nitrogen and oxygen atoms in total. The zero-order valence-electron chi connectivity index (χ0n) is 16.7. The average molecular weight is 349 g/mol. The Morgan fingerprint density at radius 1 is 0.960 bits per heavy atom. The lowest BCUT2D eigenvalue weighted by atomic mass is 9.45. The van der Waals surface area contributed by atoms with Crippen molar-refractivity contribution in [3.8, 4) is 0 Å². The van der Waals surface area contributed by atoms with Gasteiger partial charge in [-0.3, -0.25) is 0 Å². The molecule has 0 saturated heterocycles. The van der Waals surface area contributed by atoms with Gasteiger partial charge in [-0.1, -0.05) is 13.8 Å². The molecule has 0 aliphatic heterocycles. The first kappa shape index (κ1) is 18.3. The predicted octanol–water partition coefficient (Wildman–Crippen LogP) is 3.65. The molecule has 8 atom stereocenters. The normalized spacial score (nSPS) is 52.6. The van der Waals surface area contributed by atoms with Crippen molar-refractivity contribution in [2.75, 3.05) is 20.1 Å². The molecule has 3 heteroatoms. The fourth-order valence-corrected chi connectivity index (χ4v) is 8.29. The quantitative estimate of drug-likeness (QED) is 0.818. The minimum absolute atomic E-state index is 0.0238. The average Bonchev–Trinajstić information content (AvgIpc) is 2.93. The molecule has 0 heterocycles. The third-order valence-electron chi connectivity index (χ3n) is 9.60. The second-order valence-electron chi connectivity index (χ2n) is 10.5. The molecule has 4 fully saturated rings. The van der Waals surface area contributed by atoms with Crippen molar-refractivity contribution in [3.05, 3.63) is 0 Å². The van der Waals surface area contributed by atoms with Gasteiger partial charge in [0, 0.05) is 19.1 Å². The molecule has 0 amide bonds. The Morgan fingerprint density at radius 3 is 2.44 bits per heavy atom. The van der Waals surface area contributed by atoms with Crippen LogP contribution in [0.2, 0.25) is 0 Å². The van der Waals surface area contributed by atoms with Crippen LogP contribution in [0.15, 0.2) is 0 Å². The summed E-state index contributed by atoms with van der Waals surface area (Å²) in [7, 11) is 2.30. The highest BCUT2D eigenvalue weighted by molar-refractivity contribution is 5.11. The lowest BCUT2D eigenvalue weighted by Crippen LogP contribution is -2.56. The Bertz CT molecular complexity index is 496. The molecular weight excluding hydrogens is 308 g/mol. The maximum Gasteiger partial charge on any atom is 0.0543 e. The highest BCUT2D eigenvalue weighted by atomic mass is 16.3. The molecule has 3 N–H and O–H groups in total. The Hall–Kier alpha value is -0.120. The topological polar surface area (TPSA) is 49.5 Å². The zero-order chi connectivity index (χ0) is 17.8. The maximum atomic E-state index is 10.2. The van der Waals surface area contributed by atoms with Crippen molar-refractivity contribution in [1.82, 2.24) is 4.90 Å². The number of aliphatic hydroxyl groups is 1. The molecule has 144 valence electrons. The molecule has 4 rings (SSSR count). The van der Waals surface area contributed by atoms with E-state index in [9.17, 15) is 5.11 Å². The van der Waals surface area contributed by atoms with Gasteiger partial charge in [-0.05, 0) is 99.3 Å². The van der Waals surface area contributed by atoms with Crippen LogP contribution < -0.4 is 5.73 Å². The monoisotopic (exact) mass is 348 g/mol. The number of nitrogens with zero attached hydrogens (tertiary/aromatic N) is 1. The largest absolute Gasteiger partial charge is 0.393 e. The second kappa shape index (κ2) is 6.49. The Balaban J connectivity index is 1.56. The first-order valence-electron chi connectivity index (χ1n) is 11.0. The van der Waals surface area contributed by atoms with Crippen molar-refractivity contribution >= 4 is 0 Å². The van der Waals surface area contributed by atoms with Gasteiger partial charge in [0.05, 0.1) is 6.10 Å². The summed E-state index contributed by atoms with van der Waals surface area (Å²) in [5, 5.41) is 10.2. The molecule has 4 aliphatic carbocycles. The van der Waals surface area contributed by atoms with Crippen LogP contribution in [0, 0.1) is 34.5 Å². The van der Waals surface area contributed by atoms with Gasteiger partial charge < -0.3 is 15.7 Å². The predicted molar refractivity (Wildman–Crippen MR) is 103 cm³/mol. The number of rotatable bonds is 3. The summed E-state index contributed by atoms with van der Waals surface area (Å²) in [4.78, 5) is 2.57. The summed E-state index contributed by atoms with van der Waals surface area (Å²) >= 11 is 0. The molecule has 0 aromatic heterocycles. The van der Waals surface area contributed by atoms with Gasteiger partial charge in [-0.15, -0.1) is 0 Å². The van der Waals surface area contributed by atoms with E-state index in [1.165, 1.54) is 44.9 Å². The van der Waals surface area contributed by atoms with Gasteiger partial charge in [0.15, 0.2) is 0 Å². The fraction of sp³-hybridized carbons (Fsp3) is 1.00. The van der Waals surface area contributed by atoms with Crippen LogP contribution in [0.3, 0.4) is 0 Å². The zero-order valence-corrected chi connectivity index (χ0v) is 16.7. The molecule has 25 heavy (non-hydrogen) atoms. The first-order valence-corrected chi connectivity index (χ1v) is 11.0. The van der Waals surface area contributed by atoms with E-state index in [0.29, 0.717) is 10.8 Å². The minimum atomic E-state index is -0.0238. The number of hydrogen-bond acceptors (Lipinski definition) is 3. The van der Waals surface area contributed by atoms with Gasteiger partial charge in [-0.25, -0.2) is 0 Å². The fourth-order valence-electron chi connectivity index (χ4n) is 8.29. The number of likely N-dealkylation sites (N-methyl/N-ethyl adjacent to an activating group) is 1. The summed E-state index contributed by atoms with van der Waals surface area (Å²) in [6, 6.07) is 0.737. The molecule has 4 saturated carbocycles. The van der Waals surface area contributed by atoms with Crippen LogP contribution in [0.25, 0.3) is 0 Å². The third-order valence-corrected chi connectivity index (χ3v) is 9.60. The summed E-state index contributed by atoms with van der Waals surface area (Å²) in [6.45, 7) is 7.02. The SMILES string of the molecule is CN(CCN)C1CCC2C3CCC4CC(O)CCC4(C)C3CCC21C. The van der Waals surface area contributed by atoms with Crippen molar-refractivity contribution < 1.29 is 5.11 Å². The first-order chi connectivity index (χ1) is 11.9. The molecule has 0 aromatic rings. The third kappa shape index (κ3) is 2.72. The van der Waals surface area contributed by atoms with Crippen LogP contribution in [0.1, 0.15) is 71.6 Å². The van der Waals surface area contributed by atoms with Gasteiger partial charge in [-0.2, -0.15) is 0 Å². The highest BCUT2D eigenvalue weighted by Crippen LogP contribution is 2.66. The maximum absolute atomic E-state index is 10.2. The summed E-state index contributed by atoms with van der Waals surface area (Å²) in [5.41, 5.74) is 6.86. The molecule has 4 aliphatic rings. The van der Waals surface area contributed by atoms with Crippen LogP contribution in [0.5, 0.6) is 0 Å². The van der Waals surface area contributed by atoms with Gasteiger partial charge in [0.1, 0.15) is 0 Å². The molecule has 0 bridgehead atoms. The van der Waals surface area contributed by atoms with E-state index in [2.05, 4.69) is 25.8 Å². The van der Waals surface area contributed by atoms with Crippen LogP contribution in [-0.4, -0.2) is 42.3 Å². The highest BCUT2D eigenvalue weighted by Gasteiger charge is 2.60. The van der Waals surface area contributed by atoms with E-state index in [4.69, 9.17) is 5.73 Å². The Morgan fingerprint density at radius 2 is 1.68 bits per heavy atom. The van der Waals surface area contributed by atoms with Crippen LogP contribution >= 0.6 is 0 Å². The van der Waals surface area contributed by atoms with E-state index < -0.39 is 0 Å². The van der Waals surface area contributed by atoms with Gasteiger partial charge in [0.25, 0.3) is 0 Å². The van der Waals surface area contributed by atoms with E-state index in [1.807, 2.05) is 0 Å². The molecule has 8 unspecified atom stereocenters. The smallest absolute Gasteiger partial charge is 0.0543 e. The lowest BCUT2D eigenvalue weighted by Gasteiger charge is -2.61. The lowest BCUT2D eigenvalue weighted by molar-refractivity contribution is -0.128. The van der Waals surface area contributed by atoms with Crippen molar-refractivity contribution in [3.63, 3.8) is 0 Å². The Labute approximate surface area is 154 Å². The molecule has 0 radical (unpaired) electrons. The summed E-state index contributed by atoms with van der Waals surface area (Å²) < 4.78 is 0.